The maximum absolute atomic E-state index is 13.3. The number of benzene rings is 4. The predicted molar refractivity (Wildman–Crippen MR) is 164 cm³/mol. The monoisotopic (exact) mass is 587 g/mol. The molecule has 4 aromatic carbocycles. The molecule has 0 bridgehead atoms. The van der Waals surface area contributed by atoms with E-state index in [2.05, 4.69) is 45.1 Å². The van der Waals surface area contributed by atoms with Crippen molar-refractivity contribution in [3.8, 4) is 5.69 Å². The van der Waals surface area contributed by atoms with Gasteiger partial charge in [-0.15, -0.1) is 10.2 Å². The third-order valence-electron chi connectivity index (χ3n) is 6.26. The Labute approximate surface area is 247 Å². The molecule has 0 aliphatic heterocycles. The van der Waals surface area contributed by atoms with Crippen LogP contribution < -0.4 is 10.6 Å². The van der Waals surface area contributed by atoms with E-state index in [4.69, 9.17) is 23.2 Å². The van der Waals surface area contributed by atoms with Gasteiger partial charge in [0.2, 0.25) is 0 Å². The van der Waals surface area contributed by atoms with Crippen molar-refractivity contribution in [3.63, 3.8) is 0 Å². The third kappa shape index (κ3) is 6.86. The Morgan fingerprint density at radius 3 is 2.10 bits per heavy atom. The summed E-state index contributed by atoms with van der Waals surface area (Å²) in [6, 6.07) is 32.5. The molecule has 2 N–H and O–H groups in total. The number of amides is 2. The van der Waals surface area contributed by atoms with Gasteiger partial charge < -0.3 is 10.6 Å². The van der Waals surface area contributed by atoms with Crippen LogP contribution in [0.25, 0.3) is 5.69 Å². The first-order valence-corrected chi connectivity index (χ1v) is 14.5. The van der Waals surface area contributed by atoms with Crippen LogP contribution in [0.1, 0.15) is 28.6 Å². The van der Waals surface area contributed by atoms with Gasteiger partial charge in [0.05, 0.1) is 21.8 Å². The molecule has 2 amide bonds. The average molecular weight is 589 g/mol. The predicted octanol–water partition coefficient (Wildman–Crippen LogP) is 8.28. The SMILES string of the molecule is Cc1ccc(-n2c(SCc3ccccc3)nnc2C(Cc2ccccc2)NC(=O)Nc2c(Cl)cccc2Cl)cc1. The van der Waals surface area contributed by atoms with Gasteiger partial charge in [-0.25, -0.2) is 4.79 Å². The number of hydrogen-bond acceptors (Lipinski definition) is 4. The van der Waals surface area contributed by atoms with Crippen LogP contribution >= 0.6 is 35.0 Å². The minimum Gasteiger partial charge on any atom is -0.327 e. The van der Waals surface area contributed by atoms with Crippen molar-refractivity contribution in [2.45, 2.75) is 30.3 Å². The van der Waals surface area contributed by atoms with Crippen molar-refractivity contribution in [2.75, 3.05) is 5.32 Å². The molecule has 1 atom stereocenters. The molecule has 5 rings (SSSR count). The van der Waals surface area contributed by atoms with E-state index in [0.29, 0.717) is 28.0 Å². The van der Waals surface area contributed by atoms with Crippen LogP contribution in [0.3, 0.4) is 0 Å². The Bertz CT molecular complexity index is 1560. The first-order valence-electron chi connectivity index (χ1n) is 12.7. The van der Waals surface area contributed by atoms with Crippen molar-refractivity contribution >= 4 is 46.7 Å². The lowest BCUT2D eigenvalue weighted by Crippen LogP contribution is -2.35. The molecule has 0 saturated carbocycles. The van der Waals surface area contributed by atoms with E-state index < -0.39 is 12.1 Å². The van der Waals surface area contributed by atoms with Crippen LogP contribution in [-0.2, 0) is 12.2 Å². The van der Waals surface area contributed by atoms with Crippen LogP contribution in [0.5, 0.6) is 0 Å². The number of anilines is 1. The number of nitrogens with one attached hydrogen (secondary N) is 2. The molecule has 6 nitrogen and oxygen atoms in total. The Morgan fingerprint density at radius 2 is 1.45 bits per heavy atom. The molecule has 0 spiro atoms. The molecule has 5 aromatic rings. The summed E-state index contributed by atoms with van der Waals surface area (Å²) in [6.07, 6.45) is 0.498. The maximum Gasteiger partial charge on any atom is 0.319 e. The fraction of sp³-hybridized carbons (Fsp3) is 0.129. The normalized spacial score (nSPS) is 11.7. The first-order chi connectivity index (χ1) is 19.5. The number of aromatic nitrogens is 3. The lowest BCUT2D eigenvalue weighted by Gasteiger charge is -2.21. The number of carbonyl (C=O) groups is 1. The van der Waals surface area contributed by atoms with E-state index in [0.717, 1.165) is 27.7 Å². The second-order valence-corrected chi connectivity index (χ2v) is 11.0. The summed E-state index contributed by atoms with van der Waals surface area (Å²) in [7, 11) is 0. The van der Waals surface area contributed by atoms with Crippen LogP contribution in [0, 0.1) is 6.92 Å². The summed E-state index contributed by atoms with van der Waals surface area (Å²) in [5.74, 6) is 1.34. The maximum atomic E-state index is 13.3. The number of rotatable bonds is 9. The molecule has 1 aromatic heterocycles. The summed E-state index contributed by atoms with van der Waals surface area (Å²) < 4.78 is 2.02. The number of nitrogens with zero attached hydrogens (tertiary/aromatic N) is 3. The zero-order valence-corrected chi connectivity index (χ0v) is 24.0. The van der Waals surface area contributed by atoms with E-state index in [1.165, 1.54) is 5.56 Å². The number of urea groups is 1. The van der Waals surface area contributed by atoms with Gasteiger partial charge in [0.1, 0.15) is 0 Å². The highest BCUT2D eigenvalue weighted by Gasteiger charge is 2.25. The molecule has 0 radical (unpaired) electrons. The van der Waals surface area contributed by atoms with Crippen LogP contribution in [-0.4, -0.2) is 20.8 Å². The summed E-state index contributed by atoms with van der Waals surface area (Å²) in [5, 5.41) is 16.5. The number of thioether (sulfide) groups is 1. The fourth-order valence-electron chi connectivity index (χ4n) is 4.24. The fourth-order valence-corrected chi connectivity index (χ4v) is 5.65. The topological polar surface area (TPSA) is 71.8 Å². The molecule has 0 aliphatic rings. The highest BCUT2D eigenvalue weighted by atomic mass is 35.5. The second kappa shape index (κ2) is 13.0. The van der Waals surface area contributed by atoms with E-state index in [-0.39, 0.29) is 0 Å². The van der Waals surface area contributed by atoms with Crippen molar-refractivity contribution in [1.82, 2.24) is 20.1 Å². The highest BCUT2D eigenvalue weighted by molar-refractivity contribution is 7.98. The Hall–Kier alpha value is -3.78. The standard InChI is InChI=1S/C31H27Cl2N5OS/c1-21-15-17-24(18-16-21)38-29(36-37-31(38)40-20-23-11-6-3-7-12-23)27(19-22-9-4-2-5-10-22)34-30(39)35-28-25(32)13-8-14-26(28)33/h2-18,27H,19-20H2,1H3,(H2,34,35,39). The molecule has 40 heavy (non-hydrogen) atoms. The van der Waals surface area contributed by atoms with E-state index in [1.807, 2.05) is 72.2 Å². The third-order valence-corrected chi connectivity index (χ3v) is 7.89. The van der Waals surface area contributed by atoms with Crippen molar-refractivity contribution in [3.05, 3.63) is 136 Å². The van der Waals surface area contributed by atoms with Gasteiger partial charge in [-0.2, -0.15) is 0 Å². The zero-order valence-electron chi connectivity index (χ0n) is 21.7. The van der Waals surface area contributed by atoms with Gasteiger partial charge in [0, 0.05) is 17.9 Å². The average Bonchev–Trinajstić information content (AvgIpc) is 3.39. The summed E-state index contributed by atoms with van der Waals surface area (Å²) in [6.45, 7) is 2.05. The largest absolute Gasteiger partial charge is 0.327 e. The van der Waals surface area contributed by atoms with E-state index in [9.17, 15) is 4.79 Å². The van der Waals surface area contributed by atoms with Crippen LogP contribution in [0.15, 0.2) is 108 Å². The zero-order chi connectivity index (χ0) is 27.9. The van der Waals surface area contributed by atoms with E-state index in [1.54, 1.807) is 30.0 Å². The molecule has 0 fully saturated rings. The molecular formula is C31H27Cl2N5OS. The lowest BCUT2D eigenvalue weighted by atomic mass is 10.1. The van der Waals surface area contributed by atoms with Gasteiger partial charge in [-0.1, -0.05) is 119 Å². The quantitative estimate of drug-likeness (QED) is 0.170. The highest BCUT2D eigenvalue weighted by Crippen LogP contribution is 2.31. The van der Waals surface area contributed by atoms with Crippen molar-refractivity contribution in [2.24, 2.45) is 0 Å². The second-order valence-electron chi connectivity index (χ2n) is 9.22. The molecular weight excluding hydrogens is 561 g/mol. The Morgan fingerprint density at radius 1 is 0.825 bits per heavy atom. The van der Waals surface area contributed by atoms with Gasteiger partial charge in [-0.05, 0) is 42.3 Å². The van der Waals surface area contributed by atoms with Crippen molar-refractivity contribution < 1.29 is 4.79 Å². The summed E-state index contributed by atoms with van der Waals surface area (Å²) >= 11 is 14.2. The molecule has 1 heterocycles. The van der Waals surface area contributed by atoms with Gasteiger partial charge in [0.25, 0.3) is 0 Å². The number of hydrogen-bond donors (Lipinski definition) is 2. The Balaban J connectivity index is 1.51. The number of halogens is 2. The lowest BCUT2D eigenvalue weighted by molar-refractivity contribution is 0.247. The molecule has 9 heteroatoms. The van der Waals surface area contributed by atoms with Crippen molar-refractivity contribution in [1.29, 1.82) is 0 Å². The molecule has 0 aliphatic carbocycles. The summed E-state index contributed by atoms with van der Waals surface area (Å²) in [5.41, 5.74) is 4.63. The molecule has 1 unspecified atom stereocenters. The smallest absolute Gasteiger partial charge is 0.319 e. The molecule has 202 valence electrons. The minimum absolute atomic E-state index is 0.348. The molecule has 0 saturated heterocycles. The number of aryl methyl sites for hydroxylation is 1. The first kappa shape index (κ1) is 27.8. The Kier molecular flexibility index (Phi) is 9.06. The minimum atomic E-state index is -0.511. The number of carbonyl (C=O) groups excluding carboxylic acids is 1. The van der Waals surface area contributed by atoms with Gasteiger partial charge in [0.15, 0.2) is 11.0 Å². The van der Waals surface area contributed by atoms with Gasteiger partial charge in [-0.3, -0.25) is 4.57 Å². The van der Waals surface area contributed by atoms with Crippen LogP contribution in [0.2, 0.25) is 10.0 Å². The van der Waals surface area contributed by atoms with E-state index >= 15 is 0 Å². The summed E-state index contributed by atoms with van der Waals surface area (Å²) in [4.78, 5) is 13.3. The number of para-hydroxylation sites is 1. The van der Waals surface area contributed by atoms with Gasteiger partial charge >= 0.3 is 6.03 Å². The van der Waals surface area contributed by atoms with Crippen LogP contribution in [0.4, 0.5) is 10.5 Å².